The molecule has 1 heterocycles. The zero-order chi connectivity index (χ0) is 28.4. The molecule has 0 bridgehead atoms. The molecule has 0 aromatic heterocycles. The van der Waals surface area contributed by atoms with Gasteiger partial charge in [0.2, 0.25) is 11.8 Å². The third-order valence-corrected chi connectivity index (χ3v) is 7.17. The molecule has 2 amide bonds. The molecule has 3 aromatic rings. The van der Waals surface area contributed by atoms with Crippen molar-refractivity contribution in [2.75, 3.05) is 11.5 Å². The number of anilines is 1. The van der Waals surface area contributed by atoms with Crippen molar-refractivity contribution in [1.29, 1.82) is 0 Å². The van der Waals surface area contributed by atoms with Crippen LogP contribution in [0.1, 0.15) is 56.4 Å². The molecule has 2 atom stereocenters. The predicted molar refractivity (Wildman–Crippen MR) is 146 cm³/mol. The summed E-state index contributed by atoms with van der Waals surface area (Å²) in [5.41, 5.74) is 3.22. The average molecular weight is 538 g/mol. The lowest BCUT2D eigenvalue weighted by atomic mass is 9.82. The number of hydrogen-bond acceptors (Lipinski definition) is 7. The van der Waals surface area contributed by atoms with E-state index >= 15 is 0 Å². The fourth-order valence-corrected chi connectivity index (χ4v) is 4.93. The van der Waals surface area contributed by atoms with Gasteiger partial charge in [-0.05, 0) is 81.3 Å². The van der Waals surface area contributed by atoms with Gasteiger partial charge in [0.1, 0.15) is 5.75 Å². The second-order valence-electron chi connectivity index (χ2n) is 10.0. The maximum absolute atomic E-state index is 13.0. The summed E-state index contributed by atoms with van der Waals surface area (Å²) < 4.78 is 10.6. The van der Waals surface area contributed by atoms with Crippen molar-refractivity contribution in [3.63, 3.8) is 0 Å². The molecule has 1 aliphatic carbocycles. The third-order valence-electron chi connectivity index (χ3n) is 7.17. The number of carbonyl (C=O) groups is 5. The van der Waals surface area contributed by atoms with Crippen LogP contribution in [-0.2, 0) is 14.3 Å². The molecule has 8 heteroatoms. The Balaban J connectivity index is 1.18. The van der Waals surface area contributed by atoms with Crippen LogP contribution in [0.2, 0.25) is 0 Å². The standard InChI is InChI=1S/C32H27NO7/c1-19-6-9-22(10-7-19)32(38)40-25-13-11-21(12-14-25)28(34)18-39-31(37)23-4-3-5-24(17-23)33-29(35)26-15-8-20(2)16-27(26)30(33)36/h3-14,17,26-27H,15-16,18H2,1-2H3. The Morgan fingerprint density at radius 3 is 2.20 bits per heavy atom. The van der Waals surface area contributed by atoms with E-state index in [1.807, 2.05) is 32.1 Å². The lowest BCUT2D eigenvalue weighted by Gasteiger charge is -2.18. The highest BCUT2D eigenvalue weighted by Crippen LogP contribution is 2.39. The smallest absolute Gasteiger partial charge is 0.343 e. The van der Waals surface area contributed by atoms with E-state index in [-0.39, 0.29) is 40.5 Å². The van der Waals surface area contributed by atoms with Crippen molar-refractivity contribution in [2.24, 2.45) is 11.8 Å². The van der Waals surface area contributed by atoms with Crippen molar-refractivity contribution in [3.8, 4) is 5.75 Å². The summed E-state index contributed by atoms with van der Waals surface area (Å²) >= 11 is 0. The van der Waals surface area contributed by atoms with Gasteiger partial charge < -0.3 is 9.47 Å². The zero-order valence-electron chi connectivity index (χ0n) is 22.1. The van der Waals surface area contributed by atoms with Crippen LogP contribution in [0.4, 0.5) is 5.69 Å². The quantitative estimate of drug-likeness (QED) is 0.136. The van der Waals surface area contributed by atoms with Crippen LogP contribution in [0.15, 0.2) is 84.4 Å². The molecular formula is C32H27NO7. The number of fused-ring (bicyclic) bond motifs is 1. The lowest BCUT2D eigenvalue weighted by Crippen LogP contribution is -2.31. The second-order valence-corrected chi connectivity index (χ2v) is 10.0. The highest BCUT2D eigenvalue weighted by molar-refractivity contribution is 6.22. The molecule has 8 nitrogen and oxygen atoms in total. The van der Waals surface area contributed by atoms with E-state index in [4.69, 9.17) is 9.47 Å². The highest BCUT2D eigenvalue weighted by Gasteiger charge is 2.48. The van der Waals surface area contributed by atoms with E-state index in [1.165, 1.54) is 36.4 Å². The maximum atomic E-state index is 13.0. The van der Waals surface area contributed by atoms with Gasteiger partial charge >= 0.3 is 11.9 Å². The van der Waals surface area contributed by atoms with Gasteiger partial charge in [0.15, 0.2) is 12.4 Å². The number of amides is 2. The normalized spacial score (nSPS) is 18.1. The number of benzene rings is 3. The molecule has 1 aliphatic heterocycles. The molecule has 0 saturated carbocycles. The monoisotopic (exact) mass is 537 g/mol. The molecule has 1 fully saturated rings. The number of hydrogen-bond donors (Lipinski definition) is 0. The minimum Gasteiger partial charge on any atom is -0.454 e. The summed E-state index contributed by atoms with van der Waals surface area (Å²) in [6.45, 7) is 3.36. The number of allylic oxidation sites excluding steroid dienone is 2. The molecule has 5 rings (SSSR count). The molecule has 2 unspecified atom stereocenters. The maximum Gasteiger partial charge on any atom is 0.343 e. The van der Waals surface area contributed by atoms with Crippen LogP contribution in [0.3, 0.4) is 0 Å². The summed E-state index contributed by atoms with van der Waals surface area (Å²) in [6.07, 6.45) is 3.06. The number of esters is 2. The Morgan fingerprint density at radius 1 is 0.800 bits per heavy atom. The van der Waals surface area contributed by atoms with Gasteiger partial charge in [-0.3, -0.25) is 19.3 Å². The van der Waals surface area contributed by atoms with Gasteiger partial charge in [0.25, 0.3) is 0 Å². The first-order valence-electron chi connectivity index (χ1n) is 12.9. The zero-order valence-corrected chi connectivity index (χ0v) is 22.1. The molecule has 2 aliphatic rings. The van der Waals surface area contributed by atoms with Gasteiger partial charge in [-0.15, -0.1) is 0 Å². The first-order valence-corrected chi connectivity index (χ1v) is 12.9. The molecule has 0 N–H and O–H groups in total. The summed E-state index contributed by atoms with van der Waals surface area (Å²) in [5, 5.41) is 0. The van der Waals surface area contributed by atoms with Crippen LogP contribution in [0.5, 0.6) is 5.75 Å². The number of Topliss-reactive ketones (excluding diaryl/α,β-unsaturated/α-hetero) is 1. The van der Waals surface area contributed by atoms with Crippen LogP contribution in [0, 0.1) is 18.8 Å². The Labute approximate surface area is 231 Å². The van der Waals surface area contributed by atoms with E-state index in [1.54, 1.807) is 24.3 Å². The second kappa shape index (κ2) is 11.1. The first kappa shape index (κ1) is 26.7. The topological polar surface area (TPSA) is 107 Å². The third kappa shape index (κ3) is 5.47. The largest absolute Gasteiger partial charge is 0.454 e. The van der Waals surface area contributed by atoms with Gasteiger partial charge in [0.05, 0.1) is 28.7 Å². The lowest BCUT2D eigenvalue weighted by molar-refractivity contribution is -0.122. The van der Waals surface area contributed by atoms with Crippen molar-refractivity contribution in [1.82, 2.24) is 0 Å². The molecule has 40 heavy (non-hydrogen) atoms. The molecule has 0 radical (unpaired) electrons. The molecule has 3 aromatic carbocycles. The fraction of sp³-hybridized carbons (Fsp3) is 0.219. The Morgan fingerprint density at radius 2 is 1.48 bits per heavy atom. The Hall–Kier alpha value is -4.85. The fourth-order valence-electron chi connectivity index (χ4n) is 4.93. The van der Waals surface area contributed by atoms with Gasteiger partial charge in [-0.25, -0.2) is 9.59 Å². The summed E-state index contributed by atoms with van der Waals surface area (Å²) in [6, 6.07) is 19.0. The van der Waals surface area contributed by atoms with Crippen LogP contribution in [0.25, 0.3) is 0 Å². The minimum atomic E-state index is -0.757. The van der Waals surface area contributed by atoms with E-state index in [9.17, 15) is 24.0 Å². The SMILES string of the molecule is CC1=CCC2C(=O)N(c3cccc(C(=O)OCC(=O)c4ccc(OC(=O)c5ccc(C)cc5)cc4)c3)C(=O)C2C1. The molecule has 202 valence electrons. The van der Waals surface area contributed by atoms with Crippen LogP contribution >= 0.6 is 0 Å². The summed E-state index contributed by atoms with van der Waals surface area (Å²) in [5.74, 6) is -2.76. The van der Waals surface area contributed by atoms with E-state index < -0.39 is 24.3 Å². The predicted octanol–water partition coefficient (Wildman–Crippen LogP) is 5.10. The van der Waals surface area contributed by atoms with Crippen molar-refractivity contribution in [3.05, 3.63) is 107 Å². The summed E-state index contributed by atoms with van der Waals surface area (Å²) in [4.78, 5) is 64.7. The number of rotatable bonds is 7. The number of carbonyl (C=O) groups excluding carboxylic acids is 5. The van der Waals surface area contributed by atoms with E-state index in [0.717, 1.165) is 16.0 Å². The average Bonchev–Trinajstić information content (AvgIpc) is 3.20. The van der Waals surface area contributed by atoms with Crippen molar-refractivity contribution >= 4 is 35.2 Å². The van der Waals surface area contributed by atoms with E-state index in [0.29, 0.717) is 24.1 Å². The van der Waals surface area contributed by atoms with Crippen LogP contribution < -0.4 is 9.64 Å². The molecule has 0 spiro atoms. The first-order chi connectivity index (χ1) is 19.2. The van der Waals surface area contributed by atoms with E-state index in [2.05, 4.69) is 0 Å². The van der Waals surface area contributed by atoms with Crippen molar-refractivity contribution in [2.45, 2.75) is 26.7 Å². The van der Waals surface area contributed by atoms with Crippen molar-refractivity contribution < 1.29 is 33.4 Å². The molecule has 1 saturated heterocycles. The highest BCUT2D eigenvalue weighted by atomic mass is 16.5. The number of aryl methyl sites for hydroxylation is 1. The number of ketones is 1. The molecular weight excluding hydrogens is 510 g/mol. The minimum absolute atomic E-state index is 0.119. The van der Waals surface area contributed by atoms with Gasteiger partial charge in [0, 0.05) is 5.56 Å². The number of imide groups is 1. The van der Waals surface area contributed by atoms with Gasteiger partial charge in [-0.2, -0.15) is 0 Å². The van der Waals surface area contributed by atoms with Crippen LogP contribution in [-0.4, -0.2) is 36.1 Å². The number of ether oxygens (including phenoxy) is 2. The Bertz CT molecular complexity index is 1540. The summed E-state index contributed by atoms with van der Waals surface area (Å²) in [7, 11) is 0. The van der Waals surface area contributed by atoms with Gasteiger partial charge in [-0.1, -0.05) is 35.4 Å². The Kier molecular flexibility index (Phi) is 7.42. The number of nitrogens with zero attached hydrogens (tertiary/aromatic N) is 1.